The minimum absolute atomic E-state index is 0.154. The number of aromatic nitrogens is 3. The molecule has 6 nitrogen and oxygen atoms in total. The molecule has 0 fully saturated rings. The first kappa shape index (κ1) is 15.0. The van der Waals surface area contributed by atoms with Crippen molar-refractivity contribution in [2.24, 2.45) is 5.73 Å². The highest BCUT2D eigenvalue weighted by Gasteiger charge is 2.19. The molecule has 0 radical (unpaired) electrons. The van der Waals surface area contributed by atoms with E-state index in [1.54, 1.807) is 12.3 Å². The number of nitrogens with two attached hydrogens (primary N) is 1. The van der Waals surface area contributed by atoms with E-state index in [-0.39, 0.29) is 11.9 Å². The number of hydrogen-bond donors (Lipinski definition) is 3. The van der Waals surface area contributed by atoms with Crippen LogP contribution in [0.3, 0.4) is 0 Å². The molecule has 0 aliphatic carbocycles. The van der Waals surface area contributed by atoms with Crippen LogP contribution in [-0.4, -0.2) is 21.0 Å². The lowest BCUT2D eigenvalue weighted by Crippen LogP contribution is -2.18. The number of furan rings is 1. The van der Waals surface area contributed by atoms with Crippen molar-refractivity contribution in [1.29, 1.82) is 0 Å². The second-order valence-corrected chi connectivity index (χ2v) is 5.81. The van der Waals surface area contributed by atoms with Gasteiger partial charge in [0, 0.05) is 12.5 Å². The molecule has 1 atom stereocenters. The third kappa shape index (κ3) is 2.97. The summed E-state index contributed by atoms with van der Waals surface area (Å²) in [5.41, 5.74) is 6.60. The Morgan fingerprint density at radius 3 is 3.00 bits per heavy atom. The number of halogens is 2. The average Bonchev–Trinajstić information content (AvgIpc) is 3.05. The molecule has 4 N–H and O–H groups in total. The van der Waals surface area contributed by atoms with Gasteiger partial charge in [0.2, 0.25) is 4.73 Å². The van der Waals surface area contributed by atoms with Gasteiger partial charge in [0.1, 0.15) is 17.2 Å². The average molecular weight is 368 g/mol. The van der Waals surface area contributed by atoms with Crippen molar-refractivity contribution in [2.45, 2.75) is 25.9 Å². The van der Waals surface area contributed by atoms with E-state index in [1.807, 2.05) is 13.0 Å². The molecule has 0 saturated carbocycles. The number of nitrogens with zero attached hydrogens (tertiary/aromatic N) is 2. The molecule has 3 aromatic heterocycles. The fourth-order valence-corrected chi connectivity index (χ4v) is 2.61. The van der Waals surface area contributed by atoms with Crippen LogP contribution < -0.4 is 11.1 Å². The van der Waals surface area contributed by atoms with Gasteiger partial charge in [-0.05, 0) is 35.0 Å². The third-order valence-electron chi connectivity index (χ3n) is 3.17. The monoisotopic (exact) mass is 367 g/mol. The minimum atomic E-state index is -0.373. The SMILES string of the molecule is CC(N)Cc1[nH]c2nc(Br)nc(NCc3ccco3)c2c1F. The summed E-state index contributed by atoms with van der Waals surface area (Å²) in [6, 6.07) is 3.47. The molecular weight excluding hydrogens is 353 g/mol. The van der Waals surface area contributed by atoms with E-state index in [2.05, 4.69) is 36.2 Å². The van der Waals surface area contributed by atoms with Gasteiger partial charge in [-0.25, -0.2) is 14.4 Å². The normalized spacial score (nSPS) is 12.7. The van der Waals surface area contributed by atoms with Crippen LogP contribution in [0.1, 0.15) is 18.4 Å². The fourth-order valence-electron chi connectivity index (χ4n) is 2.26. The second-order valence-electron chi connectivity index (χ2n) is 5.10. The Morgan fingerprint density at radius 1 is 1.50 bits per heavy atom. The summed E-state index contributed by atoms with van der Waals surface area (Å²) in [6.07, 6.45) is 1.98. The fraction of sp³-hybridized carbons (Fsp3) is 0.286. The topological polar surface area (TPSA) is 92.8 Å². The van der Waals surface area contributed by atoms with Crippen molar-refractivity contribution >= 4 is 32.8 Å². The maximum atomic E-state index is 14.6. The molecule has 3 heterocycles. The van der Waals surface area contributed by atoms with Crippen molar-refractivity contribution in [3.8, 4) is 0 Å². The first-order valence-corrected chi connectivity index (χ1v) is 7.59. The van der Waals surface area contributed by atoms with Crippen LogP contribution in [0.15, 0.2) is 27.5 Å². The molecule has 0 spiro atoms. The number of hydrogen-bond acceptors (Lipinski definition) is 5. The highest BCUT2D eigenvalue weighted by Crippen LogP contribution is 2.28. The zero-order valence-electron chi connectivity index (χ0n) is 11.9. The lowest BCUT2D eigenvalue weighted by Gasteiger charge is -2.05. The summed E-state index contributed by atoms with van der Waals surface area (Å²) in [6.45, 7) is 2.22. The number of aromatic amines is 1. The molecule has 0 aromatic carbocycles. The zero-order valence-corrected chi connectivity index (χ0v) is 13.4. The van der Waals surface area contributed by atoms with Gasteiger partial charge >= 0.3 is 0 Å². The molecule has 0 aliphatic heterocycles. The second kappa shape index (κ2) is 6.05. The maximum absolute atomic E-state index is 14.6. The number of nitrogens with one attached hydrogen (secondary N) is 2. The van der Waals surface area contributed by atoms with E-state index < -0.39 is 0 Å². The molecule has 0 amide bonds. The Hall–Kier alpha value is -1.93. The molecule has 0 bridgehead atoms. The van der Waals surface area contributed by atoms with Gasteiger partial charge in [-0.3, -0.25) is 0 Å². The number of fused-ring (bicyclic) bond motifs is 1. The minimum Gasteiger partial charge on any atom is -0.467 e. The van der Waals surface area contributed by atoms with E-state index in [9.17, 15) is 4.39 Å². The number of H-pyrrole nitrogens is 1. The predicted octanol–water partition coefficient (Wildman–Crippen LogP) is 2.95. The van der Waals surface area contributed by atoms with Crippen LogP contribution in [0.25, 0.3) is 11.0 Å². The highest BCUT2D eigenvalue weighted by molar-refractivity contribution is 9.10. The predicted molar refractivity (Wildman–Crippen MR) is 84.9 cm³/mol. The highest BCUT2D eigenvalue weighted by atomic mass is 79.9. The molecule has 0 aliphatic rings. The molecule has 3 rings (SSSR count). The molecule has 116 valence electrons. The van der Waals surface area contributed by atoms with Crippen molar-refractivity contribution < 1.29 is 8.81 Å². The van der Waals surface area contributed by atoms with Crippen LogP contribution in [0.5, 0.6) is 0 Å². The van der Waals surface area contributed by atoms with E-state index in [1.165, 1.54) is 0 Å². The summed E-state index contributed by atoms with van der Waals surface area (Å²) >= 11 is 3.23. The Balaban J connectivity index is 1.99. The van der Waals surface area contributed by atoms with Crippen molar-refractivity contribution in [3.05, 3.63) is 40.4 Å². The number of anilines is 1. The molecule has 1 unspecified atom stereocenters. The van der Waals surface area contributed by atoms with Crippen molar-refractivity contribution in [2.75, 3.05) is 5.32 Å². The summed E-state index contributed by atoms with van der Waals surface area (Å²) in [5, 5.41) is 3.40. The van der Waals surface area contributed by atoms with Crippen LogP contribution in [-0.2, 0) is 13.0 Å². The number of rotatable bonds is 5. The van der Waals surface area contributed by atoms with Crippen molar-refractivity contribution in [1.82, 2.24) is 15.0 Å². The van der Waals surface area contributed by atoms with Gasteiger partial charge in [0.15, 0.2) is 5.82 Å². The largest absolute Gasteiger partial charge is 0.467 e. The standard InChI is InChI=1S/C14H15BrFN5O/c1-7(17)5-9-11(16)10-12(18-6-8-3-2-4-22-8)20-14(15)21-13(10)19-9/h2-4,7H,5-6,17H2,1H3,(H2,18,19,20,21). The Morgan fingerprint density at radius 2 is 2.32 bits per heavy atom. The van der Waals surface area contributed by atoms with Gasteiger partial charge in [-0.15, -0.1) is 0 Å². The summed E-state index contributed by atoms with van der Waals surface area (Å²) in [5.74, 6) is 0.759. The van der Waals surface area contributed by atoms with Crippen LogP contribution in [0.4, 0.5) is 10.2 Å². The van der Waals surface area contributed by atoms with Gasteiger partial charge in [-0.1, -0.05) is 0 Å². The van der Waals surface area contributed by atoms with E-state index in [0.29, 0.717) is 40.2 Å². The van der Waals surface area contributed by atoms with Gasteiger partial charge < -0.3 is 20.5 Å². The van der Waals surface area contributed by atoms with Crippen LogP contribution >= 0.6 is 15.9 Å². The van der Waals surface area contributed by atoms with Crippen LogP contribution in [0.2, 0.25) is 0 Å². The van der Waals surface area contributed by atoms with Crippen molar-refractivity contribution in [3.63, 3.8) is 0 Å². The molecule has 8 heteroatoms. The van der Waals surface area contributed by atoms with Gasteiger partial charge in [-0.2, -0.15) is 0 Å². The van der Waals surface area contributed by atoms with Gasteiger partial charge in [0.25, 0.3) is 0 Å². The summed E-state index contributed by atoms with van der Waals surface area (Å²) in [7, 11) is 0. The summed E-state index contributed by atoms with van der Waals surface area (Å²) < 4.78 is 20.2. The van der Waals surface area contributed by atoms with E-state index in [4.69, 9.17) is 10.2 Å². The quantitative estimate of drug-likeness (QED) is 0.602. The summed E-state index contributed by atoms with van der Waals surface area (Å²) in [4.78, 5) is 11.4. The first-order chi connectivity index (χ1) is 10.5. The van der Waals surface area contributed by atoms with E-state index >= 15 is 0 Å². The molecule has 3 aromatic rings. The zero-order chi connectivity index (χ0) is 15.7. The Labute approximate surface area is 134 Å². The molecule has 22 heavy (non-hydrogen) atoms. The Bertz CT molecular complexity index is 784. The molecule has 0 saturated heterocycles. The van der Waals surface area contributed by atoms with E-state index in [0.717, 1.165) is 5.76 Å². The Kier molecular flexibility index (Phi) is 4.12. The smallest absolute Gasteiger partial charge is 0.200 e. The third-order valence-corrected chi connectivity index (χ3v) is 3.53. The molecular formula is C14H15BrFN5O. The van der Waals surface area contributed by atoms with Crippen LogP contribution in [0, 0.1) is 5.82 Å². The lowest BCUT2D eigenvalue weighted by molar-refractivity contribution is 0.518. The first-order valence-electron chi connectivity index (χ1n) is 6.80. The van der Waals surface area contributed by atoms with Gasteiger partial charge in [0.05, 0.1) is 23.9 Å². The lowest BCUT2D eigenvalue weighted by atomic mass is 10.2. The maximum Gasteiger partial charge on any atom is 0.200 e.